The number of ether oxygens (including phenoxy) is 4. The molecule has 1 N–H and O–H groups in total. The topological polar surface area (TPSA) is 86.3 Å². The van der Waals surface area contributed by atoms with Crippen LogP contribution in [0.15, 0.2) is 72.3 Å². The summed E-state index contributed by atoms with van der Waals surface area (Å²) in [6, 6.07) is 19.9. The fourth-order valence-corrected chi connectivity index (χ4v) is 3.68. The molecule has 3 aromatic rings. The van der Waals surface area contributed by atoms with E-state index in [0.717, 1.165) is 5.56 Å². The Morgan fingerprint density at radius 3 is 2.59 bits per heavy atom. The van der Waals surface area contributed by atoms with Crippen molar-refractivity contribution in [1.82, 2.24) is 5.43 Å². The second kappa shape index (κ2) is 9.19. The van der Waals surface area contributed by atoms with E-state index < -0.39 is 11.8 Å². The van der Waals surface area contributed by atoms with Crippen molar-refractivity contribution in [2.45, 2.75) is 13.5 Å². The number of nitrogens with zero attached hydrogens (tertiary/aromatic N) is 1. The summed E-state index contributed by atoms with van der Waals surface area (Å²) in [5.41, 5.74) is 4.80. The molecule has 2 aliphatic rings. The third kappa shape index (κ3) is 4.25. The largest absolute Gasteiger partial charge is 0.490 e. The summed E-state index contributed by atoms with van der Waals surface area (Å²) >= 11 is 0. The molecule has 0 radical (unpaired) electrons. The lowest BCUT2D eigenvalue weighted by Crippen LogP contribution is -2.35. The molecule has 8 heteroatoms. The fourth-order valence-electron chi connectivity index (χ4n) is 3.68. The smallest absolute Gasteiger partial charge is 0.282 e. The first-order valence-electron chi connectivity index (χ1n) is 10.8. The third-order valence-electron chi connectivity index (χ3n) is 5.32. The lowest BCUT2D eigenvalue weighted by atomic mass is 10.1. The molecule has 8 nitrogen and oxygen atoms in total. The molecule has 0 atom stereocenters. The van der Waals surface area contributed by atoms with Crippen molar-refractivity contribution in [2.24, 2.45) is 0 Å². The van der Waals surface area contributed by atoms with Gasteiger partial charge < -0.3 is 18.9 Å². The Labute approximate surface area is 196 Å². The quantitative estimate of drug-likeness (QED) is 0.428. The fraction of sp³-hybridized carbons (Fsp3) is 0.154. The van der Waals surface area contributed by atoms with Crippen LogP contribution in [0, 0.1) is 0 Å². The van der Waals surface area contributed by atoms with Crippen LogP contribution in [0.5, 0.6) is 23.0 Å². The molecule has 5 rings (SSSR count). The first kappa shape index (κ1) is 21.4. The number of fused-ring (bicyclic) bond motifs is 1. The van der Waals surface area contributed by atoms with Gasteiger partial charge in [0.25, 0.3) is 11.8 Å². The Balaban J connectivity index is 1.35. The van der Waals surface area contributed by atoms with Crippen LogP contribution >= 0.6 is 0 Å². The predicted octanol–water partition coefficient (Wildman–Crippen LogP) is 3.85. The maximum absolute atomic E-state index is 12.8. The first-order valence-corrected chi connectivity index (χ1v) is 10.8. The summed E-state index contributed by atoms with van der Waals surface area (Å²) in [5.74, 6) is 1.59. The molecule has 1 saturated heterocycles. The van der Waals surface area contributed by atoms with Crippen LogP contribution in [-0.2, 0) is 16.2 Å². The van der Waals surface area contributed by atoms with Crippen molar-refractivity contribution in [3.63, 3.8) is 0 Å². The van der Waals surface area contributed by atoms with Crippen LogP contribution in [0.2, 0.25) is 0 Å². The van der Waals surface area contributed by atoms with Gasteiger partial charge in [-0.1, -0.05) is 30.3 Å². The number of carbonyl (C=O) groups excluding carboxylic acids is 2. The molecule has 2 aliphatic heterocycles. The summed E-state index contributed by atoms with van der Waals surface area (Å²) in [4.78, 5) is 25.3. The van der Waals surface area contributed by atoms with Gasteiger partial charge in [0.2, 0.25) is 6.79 Å². The molecule has 0 aromatic heterocycles. The number of hydrogen-bond acceptors (Lipinski definition) is 6. The van der Waals surface area contributed by atoms with E-state index in [1.54, 1.807) is 48.5 Å². The van der Waals surface area contributed by atoms with Gasteiger partial charge in [-0.05, 0) is 60.5 Å². The van der Waals surface area contributed by atoms with Crippen molar-refractivity contribution in [2.75, 3.05) is 18.4 Å². The maximum atomic E-state index is 12.8. The number of rotatable bonds is 7. The minimum atomic E-state index is -0.463. The Kier molecular flexibility index (Phi) is 5.78. The van der Waals surface area contributed by atoms with Crippen LogP contribution in [-0.4, -0.2) is 25.2 Å². The summed E-state index contributed by atoms with van der Waals surface area (Å²) in [6.07, 6.45) is 1.55. The summed E-state index contributed by atoms with van der Waals surface area (Å²) in [5, 5.41) is 1.24. The second-order valence-electron chi connectivity index (χ2n) is 7.59. The standard InChI is InChI=1S/C26H22N2O6/c1-2-31-23-13-17(12-20-25(29)27-28(26(20)30)19-6-4-3-5-7-19)8-10-21(23)32-15-18-9-11-22-24(14-18)34-16-33-22/h3-14H,2,15-16H2,1H3,(H,27,29)/b20-12-. The average Bonchev–Trinajstić information content (AvgIpc) is 3.44. The highest BCUT2D eigenvalue weighted by atomic mass is 16.7. The Morgan fingerprint density at radius 2 is 1.76 bits per heavy atom. The van der Waals surface area contributed by atoms with Gasteiger partial charge in [0.05, 0.1) is 12.3 Å². The first-order chi connectivity index (χ1) is 16.6. The molecular weight excluding hydrogens is 436 g/mol. The van der Waals surface area contributed by atoms with E-state index >= 15 is 0 Å². The highest BCUT2D eigenvalue weighted by molar-refractivity contribution is 6.31. The summed E-state index contributed by atoms with van der Waals surface area (Å²) in [6.45, 7) is 2.83. The van der Waals surface area contributed by atoms with E-state index in [0.29, 0.717) is 47.5 Å². The SMILES string of the molecule is CCOc1cc(/C=C2/C(=O)NN(c3ccccc3)C2=O)ccc1OCc1ccc2c(c1)OCO2. The number of para-hydroxylation sites is 1. The van der Waals surface area contributed by atoms with Gasteiger partial charge >= 0.3 is 0 Å². The highest BCUT2D eigenvalue weighted by Gasteiger charge is 2.34. The van der Waals surface area contributed by atoms with E-state index in [9.17, 15) is 9.59 Å². The van der Waals surface area contributed by atoms with E-state index in [2.05, 4.69) is 5.43 Å². The lowest BCUT2D eigenvalue weighted by molar-refractivity contribution is -0.117. The van der Waals surface area contributed by atoms with Gasteiger partial charge in [0, 0.05) is 0 Å². The minimum absolute atomic E-state index is 0.0420. The molecule has 0 bridgehead atoms. The minimum Gasteiger partial charge on any atom is -0.490 e. The third-order valence-corrected chi connectivity index (χ3v) is 5.32. The summed E-state index contributed by atoms with van der Waals surface area (Å²) in [7, 11) is 0. The van der Waals surface area contributed by atoms with E-state index in [1.807, 2.05) is 31.2 Å². The van der Waals surface area contributed by atoms with Gasteiger partial charge in [-0.25, -0.2) is 5.01 Å². The molecule has 2 amide bonds. The molecule has 0 unspecified atom stereocenters. The molecule has 0 aliphatic carbocycles. The van der Waals surface area contributed by atoms with E-state index in [-0.39, 0.29) is 12.4 Å². The lowest BCUT2D eigenvalue weighted by Gasteiger charge is -2.14. The van der Waals surface area contributed by atoms with Crippen LogP contribution in [0.25, 0.3) is 6.08 Å². The zero-order chi connectivity index (χ0) is 23.5. The molecule has 3 aromatic carbocycles. The van der Waals surface area contributed by atoms with Crippen LogP contribution in [0.4, 0.5) is 5.69 Å². The van der Waals surface area contributed by atoms with Crippen molar-refractivity contribution < 1.29 is 28.5 Å². The van der Waals surface area contributed by atoms with Gasteiger partial charge in [-0.2, -0.15) is 0 Å². The molecule has 2 heterocycles. The second-order valence-corrected chi connectivity index (χ2v) is 7.59. The zero-order valence-corrected chi connectivity index (χ0v) is 18.4. The molecular formula is C26H22N2O6. The Morgan fingerprint density at radius 1 is 0.941 bits per heavy atom. The zero-order valence-electron chi connectivity index (χ0n) is 18.4. The average molecular weight is 458 g/mol. The van der Waals surface area contributed by atoms with Crippen molar-refractivity contribution in [1.29, 1.82) is 0 Å². The number of hydrogen-bond donors (Lipinski definition) is 1. The van der Waals surface area contributed by atoms with Crippen molar-refractivity contribution in [3.05, 3.63) is 83.4 Å². The van der Waals surface area contributed by atoms with Gasteiger partial charge in [-0.3, -0.25) is 15.0 Å². The van der Waals surface area contributed by atoms with Gasteiger partial charge in [-0.15, -0.1) is 0 Å². The van der Waals surface area contributed by atoms with Gasteiger partial charge in [0.1, 0.15) is 12.2 Å². The number of carbonyl (C=O) groups is 2. The Hall–Kier alpha value is -4.46. The highest BCUT2D eigenvalue weighted by Crippen LogP contribution is 2.34. The van der Waals surface area contributed by atoms with E-state index in [4.69, 9.17) is 18.9 Å². The number of hydrazine groups is 1. The molecule has 34 heavy (non-hydrogen) atoms. The van der Waals surface area contributed by atoms with Crippen LogP contribution in [0.1, 0.15) is 18.1 Å². The maximum Gasteiger partial charge on any atom is 0.282 e. The Bertz CT molecular complexity index is 1270. The van der Waals surface area contributed by atoms with Gasteiger partial charge in [0.15, 0.2) is 23.0 Å². The van der Waals surface area contributed by atoms with Crippen molar-refractivity contribution in [3.8, 4) is 23.0 Å². The normalized spacial score (nSPS) is 15.6. The molecule has 0 spiro atoms. The number of nitrogens with one attached hydrogen (secondary N) is 1. The molecule has 172 valence electrons. The van der Waals surface area contributed by atoms with E-state index in [1.165, 1.54) is 5.01 Å². The number of anilines is 1. The number of benzene rings is 3. The summed E-state index contributed by atoms with van der Waals surface area (Å²) < 4.78 is 22.5. The molecule has 0 saturated carbocycles. The monoisotopic (exact) mass is 458 g/mol. The number of amides is 2. The van der Waals surface area contributed by atoms with Crippen LogP contribution in [0.3, 0.4) is 0 Å². The van der Waals surface area contributed by atoms with Crippen molar-refractivity contribution >= 4 is 23.6 Å². The molecule has 1 fully saturated rings. The predicted molar refractivity (Wildman–Crippen MR) is 125 cm³/mol. The van der Waals surface area contributed by atoms with Crippen LogP contribution < -0.4 is 29.4 Å².